The summed E-state index contributed by atoms with van der Waals surface area (Å²) in [4.78, 5) is 0. The molecule has 98 valence electrons. The third-order valence-corrected chi connectivity index (χ3v) is 3.30. The molecule has 0 bridgehead atoms. The zero-order chi connectivity index (χ0) is 13.4. The van der Waals surface area contributed by atoms with E-state index in [0.29, 0.717) is 17.7 Å². The zero-order valence-electron chi connectivity index (χ0n) is 10.0. The Morgan fingerprint density at radius 2 is 1.84 bits per heavy atom. The molecular formula is C15H12F2O2. The summed E-state index contributed by atoms with van der Waals surface area (Å²) in [5.74, 6) is -1.22. The Kier molecular flexibility index (Phi) is 2.95. The van der Waals surface area contributed by atoms with Crippen LogP contribution in [-0.4, -0.2) is 5.11 Å². The molecule has 4 heteroatoms. The standard InChI is InChI=1S/C15H12F2O2/c16-11-6-5-9(7-12(11)17)15-8-13(18)10-3-1-2-4-14(10)19-15/h1-7,13,15,18H,8H2/t13-,15?/m0/s1. The van der Waals surface area contributed by atoms with Gasteiger partial charge >= 0.3 is 0 Å². The van der Waals surface area contributed by atoms with Gasteiger partial charge in [0.1, 0.15) is 11.9 Å². The minimum Gasteiger partial charge on any atom is -0.485 e. The number of hydrogen-bond donors (Lipinski definition) is 1. The highest BCUT2D eigenvalue weighted by molar-refractivity contribution is 5.38. The van der Waals surface area contributed by atoms with Crippen molar-refractivity contribution in [3.8, 4) is 5.75 Å². The maximum Gasteiger partial charge on any atom is 0.159 e. The van der Waals surface area contributed by atoms with E-state index in [1.54, 1.807) is 18.2 Å². The van der Waals surface area contributed by atoms with Crippen molar-refractivity contribution >= 4 is 0 Å². The van der Waals surface area contributed by atoms with Gasteiger partial charge in [0.15, 0.2) is 11.6 Å². The first-order chi connectivity index (χ1) is 9.15. The fraction of sp³-hybridized carbons (Fsp3) is 0.200. The molecule has 0 fully saturated rings. The molecule has 1 aliphatic heterocycles. The van der Waals surface area contributed by atoms with E-state index in [0.717, 1.165) is 17.7 Å². The molecule has 0 saturated heterocycles. The first kappa shape index (κ1) is 12.1. The van der Waals surface area contributed by atoms with Crippen LogP contribution in [0.2, 0.25) is 0 Å². The Morgan fingerprint density at radius 3 is 2.63 bits per heavy atom. The van der Waals surface area contributed by atoms with Gasteiger partial charge in [-0.3, -0.25) is 0 Å². The normalized spacial score (nSPS) is 21.6. The molecular weight excluding hydrogens is 250 g/mol. The van der Waals surface area contributed by atoms with E-state index in [9.17, 15) is 13.9 Å². The smallest absolute Gasteiger partial charge is 0.159 e. The second-order valence-electron chi connectivity index (χ2n) is 4.57. The van der Waals surface area contributed by atoms with Crippen molar-refractivity contribution in [2.24, 2.45) is 0 Å². The third-order valence-electron chi connectivity index (χ3n) is 3.30. The van der Waals surface area contributed by atoms with Gasteiger partial charge in [-0.1, -0.05) is 24.3 Å². The van der Waals surface area contributed by atoms with Crippen molar-refractivity contribution in [1.82, 2.24) is 0 Å². The average molecular weight is 262 g/mol. The van der Waals surface area contributed by atoms with Crippen LogP contribution in [0.3, 0.4) is 0 Å². The lowest BCUT2D eigenvalue weighted by atomic mass is 9.95. The van der Waals surface area contributed by atoms with Gasteiger partial charge in [-0.15, -0.1) is 0 Å². The van der Waals surface area contributed by atoms with E-state index in [-0.39, 0.29) is 0 Å². The van der Waals surface area contributed by atoms with E-state index in [1.165, 1.54) is 6.07 Å². The Balaban J connectivity index is 1.94. The Morgan fingerprint density at radius 1 is 1.05 bits per heavy atom. The number of benzene rings is 2. The Bertz CT molecular complexity index is 613. The second kappa shape index (κ2) is 4.63. The molecule has 0 saturated carbocycles. The maximum atomic E-state index is 13.2. The van der Waals surface area contributed by atoms with Crippen molar-refractivity contribution in [3.05, 3.63) is 65.2 Å². The van der Waals surface area contributed by atoms with Gasteiger partial charge in [0.05, 0.1) is 6.10 Å². The number of para-hydroxylation sites is 1. The van der Waals surface area contributed by atoms with Crippen LogP contribution in [0, 0.1) is 11.6 Å². The number of halogens is 2. The Hall–Kier alpha value is -1.94. The highest BCUT2D eigenvalue weighted by Gasteiger charge is 2.28. The molecule has 2 aromatic rings. The fourth-order valence-corrected chi connectivity index (χ4v) is 2.31. The maximum absolute atomic E-state index is 13.2. The summed E-state index contributed by atoms with van der Waals surface area (Å²) in [6.07, 6.45) is -0.815. The van der Waals surface area contributed by atoms with E-state index < -0.39 is 23.8 Å². The summed E-state index contributed by atoms with van der Waals surface area (Å²) in [7, 11) is 0. The van der Waals surface area contributed by atoms with Crippen molar-refractivity contribution in [3.63, 3.8) is 0 Å². The number of aliphatic hydroxyl groups excluding tert-OH is 1. The van der Waals surface area contributed by atoms with E-state index in [1.807, 2.05) is 6.07 Å². The second-order valence-corrected chi connectivity index (χ2v) is 4.57. The van der Waals surface area contributed by atoms with E-state index >= 15 is 0 Å². The number of hydrogen-bond acceptors (Lipinski definition) is 2. The average Bonchev–Trinajstić information content (AvgIpc) is 2.42. The van der Waals surface area contributed by atoms with Crippen molar-refractivity contribution < 1.29 is 18.6 Å². The van der Waals surface area contributed by atoms with Gasteiger partial charge in [0.2, 0.25) is 0 Å². The molecule has 1 unspecified atom stereocenters. The molecule has 0 amide bonds. The quantitative estimate of drug-likeness (QED) is 0.852. The number of aliphatic hydroxyl groups is 1. The van der Waals surface area contributed by atoms with Crippen LogP contribution in [0.5, 0.6) is 5.75 Å². The summed E-state index contributed by atoms with van der Waals surface area (Å²) in [6.45, 7) is 0. The number of fused-ring (bicyclic) bond motifs is 1. The molecule has 2 nitrogen and oxygen atoms in total. The summed E-state index contributed by atoms with van der Waals surface area (Å²) in [5, 5.41) is 10.1. The molecule has 0 aromatic heterocycles. The molecule has 2 aromatic carbocycles. The van der Waals surface area contributed by atoms with Gasteiger partial charge in [-0.05, 0) is 23.8 Å². The SMILES string of the molecule is O[C@H]1CC(c2ccc(F)c(F)c2)Oc2ccccc21. The Labute approximate surface area is 109 Å². The van der Waals surface area contributed by atoms with Crippen LogP contribution in [0.25, 0.3) is 0 Å². The third kappa shape index (κ3) is 2.19. The number of rotatable bonds is 1. The van der Waals surface area contributed by atoms with Crippen molar-refractivity contribution in [2.75, 3.05) is 0 Å². The molecule has 2 atom stereocenters. The highest BCUT2D eigenvalue weighted by Crippen LogP contribution is 2.40. The topological polar surface area (TPSA) is 29.5 Å². The minimum atomic E-state index is -0.908. The van der Waals surface area contributed by atoms with Crippen LogP contribution in [0.4, 0.5) is 8.78 Å². The van der Waals surface area contributed by atoms with Gasteiger partial charge in [-0.2, -0.15) is 0 Å². The molecule has 0 aliphatic carbocycles. The van der Waals surface area contributed by atoms with Crippen LogP contribution in [0.15, 0.2) is 42.5 Å². The van der Waals surface area contributed by atoms with Gasteiger partial charge in [0.25, 0.3) is 0 Å². The van der Waals surface area contributed by atoms with E-state index in [4.69, 9.17) is 4.74 Å². The zero-order valence-corrected chi connectivity index (χ0v) is 10.0. The van der Waals surface area contributed by atoms with Crippen LogP contribution in [-0.2, 0) is 0 Å². The van der Waals surface area contributed by atoms with Gasteiger partial charge in [-0.25, -0.2) is 8.78 Å². The molecule has 3 rings (SSSR count). The largest absolute Gasteiger partial charge is 0.485 e. The lowest BCUT2D eigenvalue weighted by Crippen LogP contribution is -2.19. The highest BCUT2D eigenvalue weighted by atomic mass is 19.2. The van der Waals surface area contributed by atoms with Gasteiger partial charge < -0.3 is 9.84 Å². The summed E-state index contributed by atoms with van der Waals surface area (Å²) in [6, 6.07) is 10.8. The first-order valence-electron chi connectivity index (χ1n) is 6.04. The van der Waals surface area contributed by atoms with Crippen LogP contribution >= 0.6 is 0 Å². The van der Waals surface area contributed by atoms with Crippen LogP contribution in [0.1, 0.15) is 29.8 Å². The summed E-state index contributed by atoms with van der Waals surface area (Å²) in [5.41, 5.74) is 1.24. The minimum absolute atomic E-state index is 0.322. The van der Waals surface area contributed by atoms with E-state index in [2.05, 4.69) is 0 Å². The lowest BCUT2D eigenvalue weighted by molar-refractivity contribution is 0.0655. The molecule has 1 N–H and O–H groups in total. The lowest BCUT2D eigenvalue weighted by Gasteiger charge is -2.29. The molecule has 0 radical (unpaired) electrons. The summed E-state index contributed by atoms with van der Waals surface area (Å²) < 4.78 is 31.9. The van der Waals surface area contributed by atoms with Gasteiger partial charge in [0, 0.05) is 12.0 Å². The summed E-state index contributed by atoms with van der Waals surface area (Å²) >= 11 is 0. The van der Waals surface area contributed by atoms with Crippen molar-refractivity contribution in [2.45, 2.75) is 18.6 Å². The fourth-order valence-electron chi connectivity index (χ4n) is 2.31. The predicted octanol–water partition coefficient (Wildman–Crippen LogP) is 3.52. The van der Waals surface area contributed by atoms with Crippen molar-refractivity contribution in [1.29, 1.82) is 0 Å². The molecule has 0 spiro atoms. The predicted molar refractivity (Wildman–Crippen MR) is 65.7 cm³/mol. The molecule has 1 heterocycles. The molecule has 19 heavy (non-hydrogen) atoms. The number of ether oxygens (including phenoxy) is 1. The first-order valence-corrected chi connectivity index (χ1v) is 6.04. The van der Waals surface area contributed by atoms with Crippen LogP contribution < -0.4 is 4.74 Å². The monoisotopic (exact) mass is 262 g/mol. The molecule has 1 aliphatic rings.